The minimum Gasteiger partial charge on any atom is -0.382 e. The van der Waals surface area contributed by atoms with Crippen molar-refractivity contribution in [2.45, 2.75) is 31.1 Å². The van der Waals surface area contributed by atoms with Crippen LogP contribution in [0.15, 0.2) is 0 Å². The molecule has 5 heteroatoms. The van der Waals surface area contributed by atoms with Crippen LogP contribution >= 0.6 is 11.8 Å². The number of thioether (sulfide) groups is 1. The van der Waals surface area contributed by atoms with Crippen molar-refractivity contribution >= 4 is 17.6 Å². The molecular weight excluding hydrogens is 222 g/mol. The van der Waals surface area contributed by atoms with Crippen molar-refractivity contribution in [2.24, 2.45) is 0 Å². The molecule has 1 fully saturated rings. The summed E-state index contributed by atoms with van der Waals surface area (Å²) in [5, 5.41) is 4.52. The van der Waals surface area contributed by atoms with Gasteiger partial charge in [-0.15, -0.1) is 0 Å². The van der Waals surface area contributed by atoms with Crippen LogP contribution in [0.5, 0.6) is 0 Å². The molecule has 1 unspecified atom stereocenters. The summed E-state index contributed by atoms with van der Waals surface area (Å²) >= 11 is 1.97. The number of nitrogens with zero attached hydrogens (tertiary/aromatic N) is 2. The second kappa shape index (κ2) is 4.30. The summed E-state index contributed by atoms with van der Waals surface area (Å²) in [6, 6.07) is 0.401. The Hall–Kier alpha value is -0.680. The molecule has 3 rings (SSSR count). The van der Waals surface area contributed by atoms with E-state index in [1.807, 2.05) is 11.8 Å². The third-order valence-electron chi connectivity index (χ3n) is 3.37. The van der Waals surface area contributed by atoms with E-state index in [4.69, 9.17) is 10.5 Å². The first-order valence-corrected chi connectivity index (χ1v) is 7.03. The van der Waals surface area contributed by atoms with Crippen molar-refractivity contribution in [1.82, 2.24) is 9.78 Å². The van der Waals surface area contributed by atoms with E-state index in [2.05, 4.69) is 9.78 Å². The lowest BCUT2D eigenvalue weighted by Gasteiger charge is -2.25. The van der Waals surface area contributed by atoms with E-state index < -0.39 is 0 Å². The molecule has 2 aliphatic heterocycles. The van der Waals surface area contributed by atoms with E-state index in [1.165, 1.54) is 17.0 Å². The quantitative estimate of drug-likeness (QED) is 0.809. The lowest BCUT2D eigenvalue weighted by atomic mass is 10.1. The van der Waals surface area contributed by atoms with E-state index in [0.29, 0.717) is 6.04 Å². The van der Waals surface area contributed by atoms with Gasteiger partial charge in [0, 0.05) is 17.9 Å². The van der Waals surface area contributed by atoms with Crippen molar-refractivity contribution in [3.8, 4) is 0 Å². The molecule has 3 heterocycles. The number of nitrogen functional groups attached to an aromatic ring is 1. The van der Waals surface area contributed by atoms with E-state index >= 15 is 0 Å². The lowest BCUT2D eigenvalue weighted by Crippen LogP contribution is -2.24. The average molecular weight is 239 g/mol. The van der Waals surface area contributed by atoms with Gasteiger partial charge in [0.1, 0.15) is 5.82 Å². The zero-order valence-corrected chi connectivity index (χ0v) is 10.1. The van der Waals surface area contributed by atoms with Gasteiger partial charge in [0.15, 0.2) is 0 Å². The zero-order valence-electron chi connectivity index (χ0n) is 9.32. The van der Waals surface area contributed by atoms with Crippen LogP contribution in [0.25, 0.3) is 0 Å². The Kier molecular flexibility index (Phi) is 2.81. The standard InChI is InChI=1S/C11H17N3OS/c12-11-9-3-5-16-7-10(9)14(13-11)8-2-1-4-15-6-8/h8H,1-7H2,(H2,12,13). The molecular formula is C11H17N3OS. The highest BCUT2D eigenvalue weighted by Gasteiger charge is 2.25. The Labute approximate surface area is 99.5 Å². The number of nitrogens with two attached hydrogens (primary N) is 1. The number of ether oxygens (including phenoxy) is 1. The molecule has 0 aliphatic carbocycles. The van der Waals surface area contributed by atoms with Crippen LogP contribution in [0.1, 0.15) is 30.1 Å². The van der Waals surface area contributed by atoms with Crippen LogP contribution in [-0.2, 0) is 16.9 Å². The van der Waals surface area contributed by atoms with Gasteiger partial charge in [0.05, 0.1) is 18.3 Å². The van der Waals surface area contributed by atoms with Gasteiger partial charge in [-0.05, 0) is 25.0 Å². The number of anilines is 1. The maximum atomic E-state index is 5.99. The first-order chi connectivity index (χ1) is 7.86. The molecule has 0 bridgehead atoms. The first-order valence-electron chi connectivity index (χ1n) is 5.87. The number of hydrogen-bond donors (Lipinski definition) is 1. The summed E-state index contributed by atoms with van der Waals surface area (Å²) in [5.74, 6) is 2.96. The number of aromatic nitrogens is 2. The monoisotopic (exact) mass is 239 g/mol. The molecule has 0 aromatic carbocycles. The second-order valence-corrected chi connectivity index (χ2v) is 5.53. The number of rotatable bonds is 1. The molecule has 88 valence electrons. The fourth-order valence-corrected chi connectivity index (χ4v) is 3.50. The van der Waals surface area contributed by atoms with Gasteiger partial charge in [0.2, 0.25) is 0 Å². The molecule has 1 aromatic heterocycles. The smallest absolute Gasteiger partial charge is 0.148 e. The summed E-state index contributed by atoms with van der Waals surface area (Å²) in [6.07, 6.45) is 3.37. The zero-order chi connectivity index (χ0) is 11.0. The second-order valence-electron chi connectivity index (χ2n) is 4.43. The predicted molar refractivity (Wildman–Crippen MR) is 65.6 cm³/mol. The van der Waals surface area contributed by atoms with Crippen molar-refractivity contribution < 1.29 is 4.74 Å². The van der Waals surface area contributed by atoms with Crippen molar-refractivity contribution in [2.75, 3.05) is 24.7 Å². The van der Waals surface area contributed by atoms with E-state index in [9.17, 15) is 0 Å². The van der Waals surface area contributed by atoms with Gasteiger partial charge < -0.3 is 10.5 Å². The van der Waals surface area contributed by atoms with E-state index in [1.54, 1.807) is 0 Å². The Bertz CT molecular complexity index is 385. The predicted octanol–water partition coefficient (Wildman–Crippen LogP) is 1.61. The first kappa shape index (κ1) is 10.5. The van der Waals surface area contributed by atoms with E-state index in [0.717, 1.165) is 44.0 Å². The average Bonchev–Trinajstić information content (AvgIpc) is 2.69. The van der Waals surface area contributed by atoms with E-state index in [-0.39, 0.29) is 0 Å². The highest BCUT2D eigenvalue weighted by Crippen LogP contribution is 2.32. The fourth-order valence-electron chi connectivity index (χ4n) is 2.51. The number of hydrogen-bond acceptors (Lipinski definition) is 4. The van der Waals surface area contributed by atoms with Gasteiger partial charge >= 0.3 is 0 Å². The van der Waals surface area contributed by atoms with Crippen molar-refractivity contribution in [1.29, 1.82) is 0 Å². The molecule has 1 saturated heterocycles. The summed E-state index contributed by atoms with van der Waals surface area (Å²) < 4.78 is 7.66. The summed E-state index contributed by atoms with van der Waals surface area (Å²) in [5.41, 5.74) is 8.61. The molecule has 1 aromatic rings. The fraction of sp³-hybridized carbons (Fsp3) is 0.727. The lowest BCUT2D eigenvalue weighted by molar-refractivity contribution is 0.0542. The number of fused-ring (bicyclic) bond motifs is 1. The molecule has 0 amide bonds. The van der Waals surface area contributed by atoms with Gasteiger partial charge in [-0.1, -0.05) is 0 Å². The maximum Gasteiger partial charge on any atom is 0.148 e. The van der Waals surface area contributed by atoms with Crippen LogP contribution < -0.4 is 5.73 Å². The molecule has 4 nitrogen and oxygen atoms in total. The third kappa shape index (κ3) is 1.72. The normalized spacial score (nSPS) is 25.4. The Morgan fingerprint density at radius 2 is 2.44 bits per heavy atom. The minimum atomic E-state index is 0.401. The van der Waals surface area contributed by atoms with Crippen LogP contribution in [-0.4, -0.2) is 28.7 Å². The summed E-state index contributed by atoms with van der Waals surface area (Å²) in [7, 11) is 0. The van der Waals surface area contributed by atoms with Crippen LogP contribution in [0.2, 0.25) is 0 Å². The summed E-state index contributed by atoms with van der Waals surface area (Å²) in [4.78, 5) is 0. The van der Waals surface area contributed by atoms with Crippen LogP contribution in [0.4, 0.5) is 5.82 Å². The topological polar surface area (TPSA) is 53.1 Å². The minimum absolute atomic E-state index is 0.401. The maximum absolute atomic E-state index is 5.99. The molecule has 0 saturated carbocycles. The molecule has 0 spiro atoms. The van der Waals surface area contributed by atoms with Crippen LogP contribution in [0, 0.1) is 0 Å². The Balaban J connectivity index is 1.93. The highest BCUT2D eigenvalue weighted by atomic mass is 32.2. The van der Waals surface area contributed by atoms with Crippen molar-refractivity contribution in [3.63, 3.8) is 0 Å². The molecule has 2 aliphatic rings. The van der Waals surface area contributed by atoms with Gasteiger partial charge in [0.25, 0.3) is 0 Å². The highest BCUT2D eigenvalue weighted by molar-refractivity contribution is 7.98. The molecule has 0 radical (unpaired) electrons. The van der Waals surface area contributed by atoms with Crippen molar-refractivity contribution in [3.05, 3.63) is 11.3 Å². The third-order valence-corrected chi connectivity index (χ3v) is 4.34. The van der Waals surface area contributed by atoms with Crippen LogP contribution in [0.3, 0.4) is 0 Å². The van der Waals surface area contributed by atoms with Gasteiger partial charge in [-0.2, -0.15) is 16.9 Å². The SMILES string of the molecule is Nc1nn(C2CCCOC2)c2c1CCSC2. The largest absolute Gasteiger partial charge is 0.382 e. The Morgan fingerprint density at radius 1 is 1.50 bits per heavy atom. The summed E-state index contributed by atoms with van der Waals surface area (Å²) in [6.45, 7) is 1.68. The Morgan fingerprint density at radius 3 is 3.25 bits per heavy atom. The molecule has 2 N–H and O–H groups in total. The van der Waals surface area contributed by atoms with Gasteiger partial charge in [-0.25, -0.2) is 0 Å². The molecule has 16 heavy (non-hydrogen) atoms. The van der Waals surface area contributed by atoms with Gasteiger partial charge in [-0.3, -0.25) is 4.68 Å². The molecule has 1 atom stereocenters.